The van der Waals surface area contributed by atoms with Gasteiger partial charge in [-0.2, -0.15) is 0 Å². The van der Waals surface area contributed by atoms with E-state index in [2.05, 4.69) is 4.74 Å². The molecule has 2 rings (SSSR count). The summed E-state index contributed by atoms with van der Waals surface area (Å²) in [6.45, 7) is 1.33. The maximum absolute atomic E-state index is 11.9. The number of methoxy groups -OCH3 is 2. The van der Waals surface area contributed by atoms with Crippen LogP contribution in [-0.4, -0.2) is 37.9 Å². The molecular formula is C19H20O8. The molecule has 0 aliphatic rings. The zero-order chi connectivity index (χ0) is 20.0. The van der Waals surface area contributed by atoms with E-state index in [1.165, 1.54) is 14.2 Å². The summed E-state index contributed by atoms with van der Waals surface area (Å²) in [5.74, 6) is -1.64. The third kappa shape index (κ3) is 5.10. The molecule has 27 heavy (non-hydrogen) atoms. The quantitative estimate of drug-likeness (QED) is 0.729. The Morgan fingerprint density at radius 2 is 1.74 bits per heavy atom. The molecule has 1 heterocycles. The van der Waals surface area contributed by atoms with Crippen LogP contribution in [0.25, 0.3) is 0 Å². The lowest BCUT2D eigenvalue weighted by molar-refractivity contribution is -0.143. The Morgan fingerprint density at radius 1 is 1.11 bits per heavy atom. The van der Waals surface area contributed by atoms with Crippen molar-refractivity contribution >= 4 is 11.9 Å². The molecule has 0 amide bonds. The van der Waals surface area contributed by atoms with Gasteiger partial charge in [-0.25, -0.2) is 4.79 Å². The zero-order valence-electron chi connectivity index (χ0n) is 15.2. The van der Waals surface area contributed by atoms with Crippen molar-refractivity contribution in [2.24, 2.45) is 0 Å². The van der Waals surface area contributed by atoms with Crippen molar-refractivity contribution in [3.8, 4) is 11.5 Å². The summed E-state index contributed by atoms with van der Waals surface area (Å²) in [6, 6.07) is 7.63. The van der Waals surface area contributed by atoms with Gasteiger partial charge in [0.2, 0.25) is 11.2 Å². The van der Waals surface area contributed by atoms with E-state index in [-0.39, 0.29) is 18.8 Å². The van der Waals surface area contributed by atoms with Crippen LogP contribution in [0.1, 0.15) is 29.4 Å². The number of carbonyl (C=O) groups is 2. The Bertz CT molecular complexity index is 866. The molecule has 8 nitrogen and oxygen atoms in total. The van der Waals surface area contributed by atoms with Gasteiger partial charge in [-0.3, -0.25) is 9.59 Å². The summed E-state index contributed by atoms with van der Waals surface area (Å²) >= 11 is 0. The van der Waals surface area contributed by atoms with E-state index in [1.807, 2.05) is 0 Å². The summed E-state index contributed by atoms with van der Waals surface area (Å²) in [6.07, 6.45) is -0.140. The number of ether oxygens (including phenoxy) is 3. The van der Waals surface area contributed by atoms with Crippen molar-refractivity contribution < 1.29 is 33.3 Å². The molecule has 0 spiro atoms. The Kier molecular flexibility index (Phi) is 6.59. The molecule has 2 aromatic rings. The monoisotopic (exact) mass is 376 g/mol. The second-order valence-electron chi connectivity index (χ2n) is 5.70. The predicted octanol–water partition coefficient (Wildman–Crippen LogP) is 1.90. The maximum atomic E-state index is 11.9. The first-order valence-electron chi connectivity index (χ1n) is 8.05. The normalized spacial score (nSPS) is 11.5. The van der Waals surface area contributed by atoms with Crippen LogP contribution in [-0.2, 0) is 19.1 Å². The van der Waals surface area contributed by atoms with Gasteiger partial charge in [-0.1, -0.05) is 12.1 Å². The van der Waals surface area contributed by atoms with E-state index in [0.717, 1.165) is 6.07 Å². The molecule has 1 atom stereocenters. The van der Waals surface area contributed by atoms with Crippen LogP contribution in [0, 0.1) is 6.92 Å². The highest BCUT2D eigenvalue weighted by atomic mass is 16.6. The van der Waals surface area contributed by atoms with E-state index in [0.29, 0.717) is 17.1 Å². The van der Waals surface area contributed by atoms with Crippen molar-refractivity contribution in [2.45, 2.75) is 19.3 Å². The number of rotatable bonds is 7. The first-order valence-corrected chi connectivity index (χ1v) is 8.05. The Labute approximate surface area is 155 Å². The lowest BCUT2D eigenvalue weighted by atomic mass is 9.92. The molecular weight excluding hydrogens is 356 g/mol. The molecule has 0 aliphatic carbocycles. The fraction of sp³-hybridized carbons (Fsp3) is 0.316. The van der Waals surface area contributed by atoms with E-state index >= 15 is 0 Å². The van der Waals surface area contributed by atoms with Crippen molar-refractivity contribution in [3.05, 3.63) is 57.6 Å². The summed E-state index contributed by atoms with van der Waals surface area (Å²) < 4.78 is 20.0. The van der Waals surface area contributed by atoms with Gasteiger partial charge in [0, 0.05) is 6.07 Å². The highest BCUT2D eigenvalue weighted by Crippen LogP contribution is 2.34. The lowest BCUT2D eigenvalue weighted by Crippen LogP contribution is -2.14. The number of aromatic hydroxyl groups is 1. The molecule has 0 bridgehead atoms. The van der Waals surface area contributed by atoms with Crippen molar-refractivity contribution in [2.75, 3.05) is 20.8 Å². The van der Waals surface area contributed by atoms with Gasteiger partial charge in [0.05, 0.1) is 26.6 Å². The van der Waals surface area contributed by atoms with Gasteiger partial charge in [-0.15, -0.1) is 0 Å². The Balaban J connectivity index is 2.36. The van der Waals surface area contributed by atoms with Crippen LogP contribution < -0.4 is 10.2 Å². The molecule has 1 aromatic heterocycles. The van der Waals surface area contributed by atoms with Gasteiger partial charge >= 0.3 is 11.9 Å². The van der Waals surface area contributed by atoms with Crippen LogP contribution in [0.2, 0.25) is 0 Å². The number of benzene rings is 1. The minimum atomic E-state index is -0.736. The molecule has 1 N–H and O–H groups in total. The minimum Gasteiger partial charge on any atom is -0.502 e. The van der Waals surface area contributed by atoms with Gasteiger partial charge in [0.15, 0.2) is 12.4 Å². The summed E-state index contributed by atoms with van der Waals surface area (Å²) in [4.78, 5) is 34.9. The van der Waals surface area contributed by atoms with Crippen molar-refractivity contribution in [1.29, 1.82) is 0 Å². The predicted molar refractivity (Wildman–Crippen MR) is 93.8 cm³/mol. The average molecular weight is 376 g/mol. The fourth-order valence-electron chi connectivity index (χ4n) is 2.47. The molecule has 0 radical (unpaired) electrons. The zero-order valence-corrected chi connectivity index (χ0v) is 15.2. The summed E-state index contributed by atoms with van der Waals surface area (Å²) in [5, 5.41) is 10.1. The van der Waals surface area contributed by atoms with Gasteiger partial charge in [-0.05, 0) is 24.6 Å². The second kappa shape index (κ2) is 8.88. The van der Waals surface area contributed by atoms with Crippen LogP contribution >= 0.6 is 0 Å². The third-order valence-corrected chi connectivity index (χ3v) is 3.85. The topological polar surface area (TPSA) is 112 Å². The number of hydrogen-bond acceptors (Lipinski definition) is 8. The number of esters is 2. The molecule has 0 saturated heterocycles. The average Bonchev–Trinajstić information content (AvgIpc) is 2.67. The van der Waals surface area contributed by atoms with Crippen LogP contribution in [0.4, 0.5) is 0 Å². The molecule has 0 unspecified atom stereocenters. The first-order chi connectivity index (χ1) is 12.8. The summed E-state index contributed by atoms with van der Waals surface area (Å²) in [7, 11) is 2.50. The highest BCUT2D eigenvalue weighted by molar-refractivity contribution is 5.71. The van der Waals surface area contributed by atoms with E-state index in [9.17, 15) is 19.5 Å². The minimum absolute atomic E-state index is 0.0198. The van der Waals surface area contributed by atoms with Crippen molar-refractivity contribution in [3.63, 3.8) is 0 Å². The molecule has 0 aliphatic heterocycles. The standard InChI is InChI=1S/C19H20O8/c1-11-8-15(20)18(23)19(27-11)14(9-16(21)24-2)12-4-6-13(7-5-12)26-10-17(22)25-3/h4-8,14,23H,9-10H2,1-3H3/t14-/m0/s1. The van der Waals surface area contributed by atoms with E-state index < -0.39 is 29.0 Å². The molecule has 0 fully saturated rings. The first kappa shape index (κ1) is 20.0. The SMILES string of the molecule is COC(=O)COc1ccc([C@H](CC(=O)OC)c2oc(C)cc(=O)c2O)cc1. The van der Waals surface area contributed by atoms with E-state index in [4.69, 9.17) is 13.9 Å². The number of hydrogen-bond donors (Lipinski definition) is 1. The molecule has 8 heteroatoms. The third-order valence-electron chi connectivity index (χ3n) is 3.85. The second-order valence-corrected chi connectivity index (χ2v) is 5.70. The van der Waals surface area contributed by atoms with Gasteiger partial charge in [0.25, 0.3) is 0 Å². The highest BCUT2D eigenvalue weighted by Gasteiger charge is 2.26. The largest absolute Gasteiger partial charge is 0.502 e. The smallest absolute Gasteiger partial charge is 0.343 e. The number of aryl methyl sites for hydroxylation is 1. The number of carbonyl (C=O) groups excluding carboxylic acids is 2. The van der Waals surface area contributed by atoms with E-state index in [1.54, 1.807) is 31.2 Å². The van der Waals surface area contributed by atoms with Crippen LogP contribution in [0.5, 0.6) is 11.5 Å². The Morgan fingerprint density at radius 3 is 2.33 bits per heavy atom. The molecule has 0 saturated carbocycles. The molecule has 1 aromatic carbocycles. The lowest BCUT2D eigenvalue weighted by Gasteiger charge is -2.17. The van der Waals surface area contributed by atoms with Gasteiger partial charge in [0.1, 0.15) is 11.5 Å². The van der Waals surface area contributed by atoms with Crippen molar-refractivity contribution in [1.82, 2.24) is 0 Å². The fourth-order valence-corrected chi connectivity index (χ4v) is 2.47. The van der Waals surface area contributed by atoms with Crippen LogP contribution in [0.15, 0.2) is 39.5 Å². The Hall–Kier alpha value is -3.29. The molecule has 144 valence electrons. The van der Waals surface area contributed by atoms with Crippen LogP contribution in [0.3, 0.4) is 0 Å². The summed E-state index contributed by atoms with van der Waals surface area (Å²) in [5.41, 5.74) is -0.00323. The van der Waals surface area contributed by atoms with Gasteiger partial charge < -0.3 is 23.7 Å². The maximum Gasteiger partial charge on any atom is 0.343 e.